The van der Waals surface area contributed by atoms with E-state index in [1.165, 1.54) is 0 Å². The molecule has 3 heterocycles. The van der Waals surface area contributed by atoms with Crippen LogP contribution in [0, 0.1) is 0 Å². The Hall–Kier alpha value is -4.59. The van der Waals surface area contributed by atoms with Crippen molar-refractivity contribution in [2.24, 2.45) is 0 Å². The third kappa shape index (κ3) is 5.48. The molecule has 1 aliphatic rings. The molecule has 4 aromatic rings. The number of carbonyl (C=O) groups is 1. The smallest absolute Gasteiger partial charge is 0.251 e. The Kier molecular flexibility index (Phi) is 7.16. The summed E-state index contributed by atoms with van der Waals surface area (Å²) in [5.74, 6) is 0.564. The molecule has 0 aliphatic carbocycles. The van der Waals surface area contributed by atoms with Crippen LogP contribution in [0.25, 0.3) is 11.1 Å². The summed E-state index contributed by atoms with van der Waals surface area (Å²) in [5.41, 5.74) is 5.70. The molecule has 2 aromatic carbocycles. The number of carbonyl (C=O) groups excluding carboxylic acids is 1. The van der Waals surface area contributed by atoms with Crippen LogP contribution in [0.15, 0.2) is 79.1 Å². The first-order valence-corrected chi connectivity index (χ1v) is 12.3. The van der Waals surface area contributed by atoms with Crippen LogP contribution in [0.4, 0.5) is 11.4 Å². The number of hydrogen-bond acceptors (Lipinski definition) is 7. The highest BCUT2D eigenvalue weighted by Gasteiger charge is 2.25. The number of benzene rings is 2. The maximum atomic E-state index is 12.7. The minimum absolute atomic E-state index is 0.112. The Bertz CT molecular complexity index is 1390. The van der Waals surface area contributed by atoms with Crippen molar-refractivity contribution in [3.8, 4) is 22.8 Å². The van der Waals surface area contributed by atoms with E-state index in [1.54, 1.807) is 31.6 Å². The second-order valence-electron chi connectivity index (χ2n) is 8.85. The molecule has 0 saturated carbocycles. The number of methoxy groups -OCH3 is 1. The molecule has 4 N–H and O–H groups in total. The van der Waals surface area contributed by atoms with E-state index in [9.17, 15) is 9.90 Å². The Balaban J connectivity index is 1.22. The van der Waals surface area contributed by atoms with E-state index in [4.69, 9.17) is 4.74 Å². The van der Waals surface area contributed by atoms with Gasteiger partial charge in [-0.05, 0) is 79.4 Å². The van der Waals surface area contributed by atoms with Gasteiger partial charge in [0.25, 0.3) is 5.91 Å². The Morgan fingerprint density at radius 2 is 1.84 bits per heavy atom. The number of aromatic hydroxyl groups is 1. The number of anilines is 2. The summed E-state index contributed by atoms with van der Waals surface area (Å²) >= 11 is 0. The fraction of sp³-hybridized carbons (Fsp3) is 0.207. The molecule has 0 spiro atoms. The second kappa shape index (κ2) is 11.0. The SMILES string of the molecule is COc1ncccc1-c1ccc(O)c(C2Nc3ccc(C(=O)NCCCCc4ccccn4)cc3N2)c1. The molecule has 0 bridgehead atoms. The summed E-state index contributed by atoms with van der Waals surface area (Å²) in [6, 6.07) is 20.6. The van der Waals surface area contributed by atoms with E-state index in [0.29, 0.717) is 23.6 Å². The van der Waals surface area contributed by atoms with Gasteiger partial charge in [0.05, 0.1) is 18.5 Å². The lowest BCUT2D eigenvalue weighted by atomic mass is 10.0. The van der Waals surface area contributed by atoms with Crippen LogP contribution in [-0.4, -0.2) is 34.6 Å². The van der Waals surface area contributed by atoms with Crippen molar-refractivity contribution in [2.45, 2.75) is 25.4 Å². The van der Waals surface area contributed by atoms with Crippen LogP contribution < -0.4 is 20.7 Å². The number of aromatic nitrogens is 2. The molecule has 8 heteroatoms. The van der Waals surface area contributed by atoms with Gasteiger partial charge in [-0.2, -0.15) is 0 Å². The third-order valence-corrected chi connectivity index (χ3v) is 6.37. The molecule has 1 unspecified atom stereocenters. The highest BCUT2D eigenvalue weighted by Crippen LogP contribution is 2.40. The van der Waals surface area contributed by atoms with Gasteiger partial charge < -0.3 is 25.8 Å². The maximum Gasteiger partial charge on any atom is 0.251 e. The molecule has 1 amide bonds. The van der Waals surface area contributed by atoms with Crippen molar-refractivity contribution >= 4 is 17.3 Å². The predicted molar refractivity (Wildman–Crippen MR) is 144 cm³/mol. The molecule has 37 heavy (non-hydrogen) atoms. The van der Waals surface area contributed by atoms with E-state index >= 15 is 0 Å². The summed E-state index contributed by atoms with van der Waals surface area (Å²) in [6.07, 6.45) is 5.86. The van der Waals surface area contributed by atoms with Gasteiger partial charge in [-0.3, -0.25) is 9.78 Å². The predicted octanol–water partition coefficient (Wildman–Crippen LogP) is 5.15. The third-order valence-electron chi connectivity index (χ3n) is 6.37. The van der Waals surface area contributed by atoms with Gasteiger partial charge >= 0.3 is 0 Å². The van der Waals surface area contributed by atoms with E-state index < -0.39 is 0 Å². The van der Waals surface area contributed by atoms with Gasteiger partial charge in [0.15, 0.2) is 0 Å². The average molecular weight is 496 g/mol. The number of amides is 1. The molecular weight excluding hydrogens is 466 g/mol. The summed E-state index contributed by atoms with van der Waals surface area (Å²) in [5, 5.41) is 20.4. The Labute approximate surface area is 215 Å². The van der Waals surface area contributed by atoms with Crippen LogP contribution in [0.5, 0.6) is 11.6 Å². The number of fused-ring (bicyclic) bond motifs is 1. The number of hydrogen-bond donors (Lipinski definition) is 4. The molecule has 5 rings (SSSR count). The highest BCUT2D eigenvalue weighted by molar-refractivity contribution is 5.97. The topological polar surface area (TPSA) is 108 Å². The van der Waals surface area contributed by atoms with Gasteiger partial charge in [0.2, 0.25) is 5.88 Å². The molecule has 2 aromatic heterocycles. The summed E-state index contributed by atoms with van der Waals surface area (Å²) < 4.78 is 5.40. The monoisotopic (exact) mass is 495 g/mol. The van der Waals surface area contributed by atoms with Crippen molar-refractivity contribution in [3.63, 3.8) is 0 Å². The lowest BCUT2D eigenvalue weighted by Gasteiger charge is -2.16. The fourth-order valence-electron chi connectivity index (χ4n) is 4.44. The molecule has 0 fully saturated rings. The number of nitrogens with zero attached hydrogens (tertiary/aromatic N) is 2. The van der Waals surface area contributed by atoms with Gasteiger partial charge in [0, 0.05) is 41.3 Å². The minimum atomic E-state index is -0.359. The molecular formula is C29H29N5O3. The molecule has 188 valence electrons. The van der Waals surface area contributed by atoms with Crippen molar-refractivity contribution in [1.29, 1.82) is 0 Å². The number of nitrogens with one attached hydrogen (secondary N) is 3. The molecule has 1 aliphatic heterocycles. The van der Waals surface area contributed by atoms with Crippen LogP contribution in [0.2, 0.25) is 0 Å². The number of ether oxygens (including phenoxy) is 1. The Morgan fingerprint density at radius 3 is 2.68 bits per heavy atom. The fourth-order valence-corrected chi connectivity index (χ4v) is 4.44. The van der Waals surface area contributed by atoms with Crippen LogP contribution in [0.1, 0.15) is 40.6 Å². The van der Waals surface area contributed by atoms with E-state index in [1.807, 2.05) is 54.6 Å². The van der Waals surface area contributed by atoms with Gasteiger partial charge in [-0.25, -0.2) is 4.98 Å². The van der Waals surface area contributed by atoms with Crippen LogP contribution in [-0.2, 0) is 6.42 Å². The summed E-state index contributed by atoms with van der Waals surface area (Å²) in [7, 11) is 1.58. The molecule has 0 saturated heterocycles. The standard InChI is InChI=1S/C29H29N5O3/c1-37-29-22(9-6-16-32-29)19-11-13-26(35)23(17-19)27-33-24-12-10-20(18-25(24)34-27)28(36)31-15-5-3-8-21-7-2-4-14-30-21/h2,4,6-7,9-14,16-18,27,33-35H,3,5,8,15H2,1H3,(H,31,36). The van der Waals surface area contributed by atoms with E-state index in [0.717, 1.165) is 47.5 Å². The van der Waals surface area contributed by atoms with Gasteiger partial charge in [-0.1, -0.05) is 12.1 Å². The first-order valence-electron chi connectivity index (χ1n) is 12.3. The molecule has 0 radical (unpaired) electrons. The summed E-state index contributed by atoms with van der Waals surface area (Å²) in [4.78, 5) is 21.3. The second-order valence-corrected chi connectivity index (χ2v) is 8.85. The normalized spacial score (nSPS) is 13.8. The number of aryl methyl sites for hydroxylation is 1. The van der Waals surface area contributed by atoms with E-state index in [2.05, 4.69) is 25.9 Å². The van der Waals surface area contributed by atoms with Crippen LogP contribution >= 0.6 is 0 Å². The van der Waals surface area contributed by atoms with Crippen molar-refractivity contribution in [2.75, 3.05) is 24.3 Å². The van der Waals surface area contributed by atoms with Crippen molar-refractivity contribution < 1.29 is 14.6 Å². The quantitative estimate of drug-likeness (QED) is 0.238. The largest absolute Gasteiger partial charge is 0.508 e. The van der Waals surface area contributed by atoms with Crippen molar-refractivity contribution in [3.05, 3.63) is 95.9 Å². The first-order chi connectivity index (χ1) is 18.1. The molecule has 1 atom stereocenters. The van der Waals surface area contributed by atoms with Crippen LogP contribution in [0.3, 0.4) is 0 Å². The molecule has 8 nitrogen and oxygen atoms in total. The number of phenolic OH excluding ortho intramolecular Hbond substituents is 1. The van der Waals surface area contributed by atoms with Crippen molar-refractivity contribution in [1.82, 2.24) is 15.3 Å². The zero-order chi connectivity index (χ0) is 25.6. The number of rotatable bonds is 9. The lowest BCUT2D eigenvalue weighted by Crippen LogP contribution is -2.24. The maximum absolute atomic E-state index is 12.7. The lowest BCUT2D eigenvalue weighted by molar-refractivity contribution is 0.0953. The minimum Gasteiger partial charge on any atom is -0.508 e. The number of phenols is 1. The number of unbranched alkanes of at least 4 members (excludes halogenated alkanes) is 1. The number of pyridine rings is 2. The highest BCUT2D eigenvalue weighted by atomic mass is 16.5. The van der Waals surface area contributed by atoms with Gasteiger partial charge in [-0.15, -0.1) is 0 Å². The Morgan fingerprint density at radius 1 is 0.973 bits per heavy atom. The van der Waals surface area contributed by atoms with Gasteiger partial charge in [0.1, 0.15) is 11.9 Å². The zero-order valence-electron chi connectivity index (χ0n) is 20.6. The first kappa shape index (κ1) is 24.1. The summed E-state index contributed by atoms with van der Waals surface area (Å²) in [6.45, 7) is 0.607. The zero-order valence-corrected chi connectivity index (χ0v) is 20.6. The van der Waals surface area contributed by atoms with E-state index in [-0.39, 0.29) is 17.8 Å². The average Bonchev–Trinajstić information content (AvgIpc) is 3.37.